The van der Waals surface area contributed by atoms with E-state index >= 15 is 0 Å². The van der Waals surface area contributed by atoms with Crippen molar-refractivity contribution in [3.63, 3.8) is 0 Å². The van der Waals surface area contributed by atoms with E-state index in [1.807, 2.05) is 0 Å². The Morgan fingerprint density at radius 3 is 2.47 bits per heavy atom. The highest BCUT2D eigenvalue weighted by molar-refractivity contribution is 5.37. The van der Waals surface area contributed by atoms with Gasteiger partial charge in [0.15, 0.2) is 17.5 Å². The Hall–Kier alpha value is -2.11. The van der Waals surface area contributed by atoms with Crippen LogP contribution in [-0.4, -0.2) is 9.97 Å². The van der Waals surface area contributed by atoms with Gasteiger partial charge in [0, 0.05) is 25.0 Å². The predicted molar refractivity (Wildman–Crippen MR) is 55.7 cm³/mol. The van der Waals surface area contributed by atoms with E-state index in [0.29, 0.717) is 6.07 Å². The second kappa shape index (κ2) is 4.82. The van der Waals surface area contributed by atoms with E-state index in [1.165, 1.54) is 0 Å². The van der Waals surface area contributed by atoms with Gasteiger partial charge < -0.3 is 5.32 Å². The van der Waals surface area contributed by atoms with Crippen molar-refractivity contribution in [2.24, 2.45) is 0 Å². The zero-order valence-electron chi connectivity index (χ0n) is 8.62. The molecular weight excluding hydrogens is 231 g/mol. The third kappa shape index (κ3) is 2.72. The molecule has 0 aliphatic heterocycles. The van der Waals surface area contributed by atoms with Crippen LogP contribution in [0.3, 0.4) is 0 Å². The van der Waals surface area contributed by atoms with Crippen LogP contribution >= 0.6 is 0 Å². The summed E-state index contributed by atoms with van der Waals surface area (Å²) in [6.45, 7) is 0.248. The minimum atomic E-state index is -1.33. The van der Waals surface area contributed by atoms with Crippen molar-refractivity contribution >= 4 is 5.82 Å². The van der Waals surface area contributed by atoms with Gasteiger partial charge >= 0.3 is 0 Å². The molecule has 2 aromatic heterocycles. The van der Waals surface area contributed by atoms with E-state index in [9.17, 15) is 13.2 Å². The molecule has 17 heavy (non-hydrogen) atoms. The molecule has 0 bridgehead atoms. The number of rotatable bonds is 3. The summed E-state index contributed by atoms with van der Waals surface area (Å²) < 4.78 is 38.6. The molecule has 0 aromatic carbocycles. The van der Waals surface area contributed by atoms with E-state index in [-0.39, 0.29) is 12.4 Å². The lowest BCUT2D eigenvalue weighted by Gasteiger charge is -2.06. The van der Waals surface area contributed by atoms with E-state index in [1.54, 1.807) is 24.5 Å². The predicted octanol–water partition coefficient (Wildman–Crippen LogP) is 2.51. The third-order valence-corrected chi connectivity index (χ3v) is 2.10. The topological polar surface area (TPSA) is 37.8 Å². The molecular formula is C11H8F3N3. The number of nitrogens with one attached hydrogen (secondary N) is 1. The van der Waals surface area contributed by atoms with Crippen molar-refractivity contribution in [1.82, 2.24) is 9.97 Å². The molecule has 88 valence electrons. The van der Waals surface area contributed by atoms with Crippen molar-refractivity contribution in [3.8, 4) is 0 Å². The number of anilines is 1. The highest BCUT2D eigenvalue weighted by Gasteiger charge is 2.10. The van der Waals surface area contributed by atoms with Crippen LogP contribution in [0.15, 0.2) is 30.6 Å². The van der Waals surface area contributed by atoms with Crippen molar-refractivity contribution in [1.29, 1.82) is 0 Å². The monoisotopic (exact) mass is 239 g/mol. The van der Waals surface area contributed by atoms with Crippen LogP contribution in [0.1, 0.15) is 5.56 Å². The van der Waals surface area contributed by atoms with Crippen LogP contribution in [0.2, 0.25) is 0 Å². The summed E-state index contributed by atoms with van der Waals surface area (Å²) in [4.78, 5) is 6.96. The van der Waals surface area contributed by atoms with Gasteiger partial charge in [-0.3, -0.25) is 4.98 Å². The van der Waals surface area contributed by atoms with E-state index in [4.69, 9.17) is 0 Å². The fraction of sp³-hybridized carbons (Fsp3) is 0.0909. The first-order valence-corrected chi connectivity index (χ1v) is 4.81. The van der Waals surface area contributed by atoms with Gasteiger partial charge in [-0.15, -0.1) is 0 Å². The number of pyridine rings is 2. The van der Waals surface area contributed by atoms with Crippen LogP contribution in [0.4, 0.5) is 19.0 Å². The molecule has 0 saturated heterocycles. The molecule has 0 saturated carbocycles. The molecule has 6 heteroatoms. The maximum absolute atomic E-state index is 13.2. The zero-order valence-corrected chi connectivity index (χ0v) is 8.62. The first-order chi connectivity index (χ1) is 8.16. The summed E-state index contributed by atoms with van der Waals surface area (Å²) in [5, 5.41) is 2.58. The summed E-state index contributed by atoms with van der Waals surface area (Å²) in [6, 6.07) is 3.88. The van der Waals surface area contributed by atoms with Gasteiger partial charge in [-0.25, -0.2) is 8.78 Å². The van der Waals surface area contributed by atoms with Crippen molar-refractivity contribution < 1.29 is 13.2 Å². The van der Waals surface area contributed by atoms with Gasteiger partial charge in [0.2, 0.25) is 0 Å². The highest BCUT2D eigenvalue weighted by atomic mass is 19.2. The van der Waals surface area contributed by atoms with Crippen LogP contribution in [-0.2, 0) is 6.54 Å². The molecule has 0 fully saturated rings. The molecule has 3 nitrogen and oxygen atoms in total. The van der Waals surface area contributed by atoms with Crippen LogP contribution < -0.4 is 5.32 Å². The number of halogens is 3. The average molecular weight is 239 g/mol. The van der Waals surface area contributed by atoms with E-state index < -0.39 is 17.6 Å². The third-order valence-electron chi connectivity index (χ3n) is 2.10. The maximum atomic E-state index is 13.2. The number of nitrogens with zero attached hydrogens (tertiary/aromatic N) is 2. The Morgan fingerprint density at radius 1 is 1.06 bits per heavy atom. The lowest BCUT2D eigenvalue weighted by Crippen LogP contribution is -2.06. The molecule has 0 atom stereocenters. The van der Waals surface area contributed by atoms with Gasteiger partial charge in [0.05, 0.1) is 0 Å². The van der Waals surface area contributed by atoms with Gasteiger partial charge in [-0.2, -0.15) is 9.37 Å². The summed E-state index contributed by atoms with van der Waals surface area (Å²) in [5.41, 5.74) is 0.825. The van der Waals surface area contributed by atoms with E-state index in [2.05, 4.69) is 15.3 Å². The molecule has 0 aliphatic rings. The van der Waals surface area contributed by atoms with Crippen LogP contribution in [0.25, 0.3) is 0 Å². The molecule has 2 aromatic rings. The fourth-order valence-corrected chi connectivity index (χ4v) is 1.25. The quantitative estimate of drug-likeness (QED) is 0.836. The van der Waals surface area contributed by atoms with Crippen molar-refractivity contribution in [2.45, 2.75) is 6.54 Å². The van der Waals surface area contributed by atoms with Crippen LogP contribution in [0.5, 0.6) is 0 Å². The van der Waals surface area contributed by atoms with Gasteiger partial charge in [-0.05, 0) is 17.7 Å². The molecule has 0 spiro atoms. The molecule has 0 aliphatic carbocycles. The smallest absolute Gasteiger partial charge is 0.251 e. The summed E-state index contributed by atoms with van der Waals surface area (Å²) in [6.07, 6.45) is 3.15. The first kappa shape index (κ1) is 11.4. The second-order valence-corrected chi connectivity index (χ2v) is 3.30. The Morgan fingerprint density at radius 2 is 1.76 bits per heavy atom. The Balaban J connectivity index is 2.12. The molecule has 0 amide bonds. The standard InChI is InChI=1S/C11H8F3N3/c12-8-5-9(13)11(17-10(8)14)16-6-7-1-3-15-4-2-7/h1-5H,6H2,(H,16,17). The average Bonchev–Trinajstić information content (AvgIpc) is 2.33. The lowest BCUT2D eigenvalue weighted by atomic mass is 10.3. The number of hydrogen-bond acceptors (Lipinski definition) is 3. The van der Waals surface area contributed by atoms with Gasteiger partial charge in [0.1, 0.15) is 0 Å². The lowest BCUT2D eigenvalue weighted by molar-refractivity contribution is 0.466. The maximum Gasteiger partial charge on any atom is 0.251 e. The van der Waals surface area contributed by atoms with Crippen LogP contribution in [0, 0.1) is 17.6 Å². The highest BCUT2D eigenvalue weighted by Crippen LogP contribution is 2.15. The Bertz CT molecular complexity index is 517. The SMILES string of the molecule is Fc1cc(F)c(NCc2ccncc2)nc1F. The largest absolute Gasteiger partial charge is 0.363 e. The Kier molecular flexibility index (Phi) is 3.22. The molecule has 0 radical (unpaired) electrons. The summed E-state index contributed by atoms with van der Waals surface area (Å²) in [7, 11) is 0. The first-order valence-electron chi connectivity index (χ1n) is 4.81. The van der Waals surface area contributed by atoms with Crippen molar-refractivity contribution in [2.75, 3.05) is 5.32 Å². The molecule has 2 rings (SSSR count). The zero-order chi connectivity index (χ0) is 12.3. The Labute approximate surface area is 95.3 Å². The molecule has 2 heterocycles. The molecule has 0 unspecified atom stereocenters. The molecule has 1 N–H and O–H groups in total. The second-order valence-electron chi connectivity index (χ2n) is 3.30. The fourth-order valence-electron chi connectivity index (χ4n) is 1.25. The minimum absolute atomic E-state index is 0.248. The number of aromatic nitrogens is 2. The number of hydrogen-bond donors (Lipinski definition) is 1. The summed E-state index contributed by atoms with van der Waals surface area (Å²) >= 11 is 0. The van der Waals surface area contributed by atoms with E-state index in [0.717, 1.165) is 5.56 Å². The van der Waals surface area contributed by atoms with Gasteiger partial charge in [0.25, 0.3) is 5.95 Å². The van der Waals surface area contributed by atoms with Crippen molar-refractivity contribution in [3.05, 3.63) is 53.7 Å². The van der Waals surface area contributed by atoms with Gasteiger partial charge in [-0.1, -0.05) is 0 Å². The minimum Gasteiger partial charge on any atom is -0.363 e. The normalized spacial score (nSPS) is 10.3. The summed E-state index contributed by atoms with van der Waals surface area (Å²) in [5.74, 6) is -3.89.